The summed E-state index contributed by atoms with van der Waals surface area (Å²) in [4.78, 5) is 26.6. The molecule has 0 bridgehead atoms. The molecule has 2 aromatic carbocycles. The Kier molecular flexibility index (Phi) is 5.04. The van der Waals surface area contributed by atoms with Gasteiger partial charge in [-0.3, -0.25) is 9.59 Å². The van der Waals surface area contributed by atoms with Crippen LogP contribution in [0, 0.1) is 0 Å². The zero-order valence-corrected chi connectivity index (χ0v) is 14.9. The molecule has 134 valence electrons. The number of rotatable bonds is 5. The highest BCUT2D eigenvalue weighted by Crippen LogP contribution is 2.28. The van der Waals surface area contributed by atoms with E-state index >= 15 is 0 Å². The van der Waals surface area contributed by atoms with Crippen LogP contribution in [0.1, 0.15) is 26.5 Å². The number of hydrogen-bond donors (Lipinski definition) is 1. The average Bonchev–Trinajstić information content (AvgIpc) is 3.01. The van der Waals surface area contributed by atoms with Crippen LogP contribution in [0.25, 0.3) is 11.0 Å². The second-order valence-corrected chi connectivity index (χ2v) is 6.04. The molecule has 1 N–H and O–H groups in total. The number of carbonyl (C=O) groups excluding carboxylic acids is 2. The number of anilines is 1. The lowest BCUT2D eigenvalue weighted by Crippen LogP contribution is -2.24. The van der Waals surface area contributed by atoms with Crippen LogP contribution < -0.4 is 5.32 Å². The van der Waals surface area contributed by atoms with E-state index in [0.29, 0.717) is 22.4 Å². The van der Waals surface area contributed by atoms with Crippen LogP contribution in [0.2, 0.25) is 0 Å². The molecule has 0 unspecified atom stereocenters. The third-order valence-electron chi connectivity index (χ3n) is 4.01. The molecule has 3 rings (SSSR count). The van der Waals surface area contributed by atoms with Crippen molar-refractivity contribution < 1.29 is 18.7 Å². The number of fused-ring (bicyclic) bond motifs is 1. The Balaban J connectivity index is 1.98. The standard InChI is InChI=1S/C20H20N2O4/c1-22(2)20(24)14-9-4-6-10-16(14)21-19(23)18-15(12-25-3)13-8-5-7-11-17(13)26-18/h4-11H,12H2,1-3H3,(H,21,23). The first-order valence-corrected chi connectivity index (χ1v) is 8.14. The summed E-state index contributed by atoms with van der Waals surface area (Å²) in [5.41, 5.74) is 2.13. The summed E-state index contributed by atoms with van der Waals surface area (Å²) < 4.78 is 11.0. The van der Waals surface area contributed by atoms with Gasteiger partial charge in [0.25, 0.3) is 11.8 Å². The largest absolute Gasteiger partial charge is 0.451 e. The molecule has 0 atom stereocenters. The second kappa shape index (κ2) is 7.41. The number of para-hydroxylation sites is 2. The van der Waals surface area contributed by atoms with E-state index in [1.165, 1.54) is 4.90 Å². The normalized spacial score (nSPS) is 10.7. The predicted molar refractivity (Wildman–Crippen MR) is 99.3 cm³/mol. The molecular weight excluding hydrogens is 332 g/mol. The summed E-state index contributed by atoms with van der Waals surface area (Å²) in [6.45, 7) is 0.248. The van der Waals surface area contributed by atoms with Gasteiger partial charge >= 0.3 is 0 Å². The Morgan fingerprint density at radius 1 is 1.08 bits per heavy atom. The van der Waals surface area contributed by atoms with Crippen LogP contribution in [0.3, 0.4) is 0 Å². The molecule has 0 aliphatic carbocycles. The third kappa shape index (κ3) is 3.32. The van der Waals surface area contributed by atoms with Crippen LogP contribution in [0.4, 0.5) is 5.69 Å². The zero-order valence-electron chi connectivity index (χ0n) is 14.9. The van der Waals surface area contributed by atoms with E-state index in [1.54, 1.807) is 51.5 Å². The fraction of sp³-hybridized carbons (Fsp3) is 0.200. The predicted octanol–water partition coefficient (Wildman–Crippen LogP) is 3.53. The number of nitrogens with zero attached hydrogens (tertiary/aromatic N) is 1. The molecule has 1 heterocycles. The average molecular weight is 352 g/mol. The van der Waals surface area contributed by atoms with Gasteiger partial charge in [-0.2, -0.15) is 0 Å². The summed E-state index contributed by atoms with van der Waals surface area (Å²) in [6.07, 6.45) is 0. The van der Waals surface area contributed by atoms with Gasteiger partial charge < -0.3 is 19.4 Å². The topological polar surface area (TPSA) is 71.8 Å². The molecule has 1 aromatic heterocycles. The second-order valence-electron chi connectivity index (χ2n) is 6.04. The summed E-state index contributed by atoms with van der Waals surface area (Å²) >= 11 is 0. The quantitative estimate of drug-likeness (QED) is 0.762. The van der Waals surface area contributed by atoms with Crippen LogP contribution in [0.15, 0.2) is 52.9 Å². The van der Waals surface area contributed by atoms with Gasteiger partial charge in [0.05, 0.1) is 17.9 Å². The summed E-state index contributed by atoms with van der Waals surface area (Å²) in [5.74, 6) is -0.435. The zero-order chi connectivity index (χ0) is 18.7. The molecule has 26 heavy (non-hydrogen) atoms. The van der Waals surface area contributed by atoms with Crippen molar-refractivity contribution in [3.05, 3.63) is 65.4 Å². The smallest absolute Gasteiger partial charge is 0.291 e. The SMILES string of the molecule is COCc1c(C(=O)Nc2ccccc2C(=O)N(C)C)oc2ccccc12. The minimum absolute atomic E-state index is 0.181. The molecule has 0 saturated heterocycles. The first-order valence-electron chi connectivity index (χ1n) is 8.14. The monoisotopic (exact) mass is 352 g/mol. The number of amides is 2. The molecule has 0 fully saturated rings. The maximum atomic E-state index is 12.8. The molecule has 6 nitrogen and oxygen atoms in total. The first-order chi connectivity index (χ1) is 12.5. The maximum absolute atomic E-state index is 12.8. The Morgan fingerprint density at radius 2 is 1.77 bits per heavy atom. The van der Waals surface area contributed by atoms with Crippen molar-refractivity contribution >= 4 is 28.5 Å². The van der Waals surface area contributed by atoms with Crippen molar-refractivity contribution in [2.75, 3.05) is 26.5 Å². The van der Waals surface area contributed by atoms with E-state index in [1.807, 2.05) is 18.2 Å². The molecule has 6 heteroatoms. The Morgan fingerprint density at radius 3 is 2.50 bits per heavy atom. The summed E-state index contributed by atoms with van der Waals surface area (Å²) in [6, 6.07) is 14.3. The van der Waals surface area contributed by atoms with Crippen molar-refractivity contribution in [1.29, 1.82) is 0 Å². The fourth-order valence-electron chi connectivity index (χ4n) is 2.77. The number of methoxy groups -OCH3 is 1. The lowest BCUT2D eigenvalue weighted by atomic mass is 10.1. The third-order valence-corrected chi connectivity index (χ3v) is 4.01. The van der Waals surface area contributed by atoms with Gasteiger partial charge in [-0.25, -0.2) is 0 Å². The highest BCUT2D eigenvalue weighted by atomic mass is 16.5. The van der Waals surface area contributed by atoms with Gasteiger partial charge in [-0.15, -0.1) is 0 Å². The van der Waals surface area contributed by atoms with Crippen molar-refractivity contribution in [3.8, 4) is 0 Å². The number of benzene rings is 2. The Bertz CT molecular complexity index is 959. The number of ether oxygens (including phenoxy) is 1. The van der Waals surface area contributed by atoms with Gasteiger partial charge in [0.1, 0.15) is 5.58 Å². The van der Waals surface area contributed by atoms with Crippen molar-refractivity contribution in [1.82, 2.24) is 4.90 Å². The molecule has 3 aromatic rings. The molecule has 0 saturated carbocycles. The van der Waals surface area contributed by atoms with Crippen molar-refractivity contribution in [2.45, 2.75) is 6.61 Å². The molecule has 0 spiro atoms. The molecule has 0 aliphatic heterocycles. The van der Waals surface area contributed by atoms with E-state index < -0.39 is 5.91 Å². The summed E-state index contributed by atoms with van der Waals surface area (Å²) in [5, 5.41) is 3.62. The molecular formula is C20H20N2O4. The van der Waals surface area contributed by atoms with Crippen LogP contribution >= 0.6 is 0 Å². The van der Waals surface area contributed by atoms with E-state index in [4.69, 9.17) is 9.15 Å². The minimum atomic E-state index is -0.424. The first kappa shape index (κ1) is 17.7. The van der Waals surface area contributed by atoms with Crippen molar-refractivity contribution in [2.24, 2.45) is 0 Å². The number of hydrogen-bond acceptors (Lipinski definition) is 4. The molecule has 0 radical (unpaired) electrons. The van der Waals surface area contributed by atoms with E-state index in [-0.39, 0.29) is 18.3 Å². The van der Waals surface area contributed by atoms with Gasteiger partial charge in [0.2, 0.25) is 0 Å². The van der Waals surface area contributed by atoms with Crippen LogP contribution in [-0.4, -0.2) is 37.9 Å². The van der Waals surface area contributed by atoms with Gasteiger partial charge in [0.15, 0.2) is 5.76 Å². The van der Waals surface area contributed by atoms with Crippen LogP contribution in [-0.2, 0) is 11.3 Å². The van der Waals surface area contributed by atoms with E-state index in [9.17, 15) is 9.59 Å². The minimum Gasteiger partial charge on any atom is -0.451 e. The molecule has 2 amide bonds. The summed E-state index contributed by atoms with van der Waals surface area (Å²) in [7, 11) is 4.89. The number of nitrogens with one attached hydrogen (secondary N) is 1. The number of carbonyl (C=O) groups is 2. The lowest BCUT2D eigenvalue weighted by molar-refractivity contribution is 0.0828. The van der Waals surface area contributed by atoms with Crippen LogP contribution in [0.5, 0.6) is 0 Å². The molecule has 0 aliphatic rings. The van der Waals surface area contributed by atoms with Gasteiger partial charge in [0, 0.05) is 32.2 Å². The number of furan rings is 1. The Labute approximate surface area is 151 Å². The van der Waals surface area contributed by atoms with Gasteiger partial charge in [-0.1, -0.05) is 30.3 Å². The Hall–Kier alpha value is -3.12. The highest BCUT2D eigenvalue weighted by Gasteiger charge is 2.22. The maximum Gasteiger partial charge on any atom is 0.291 e. The van der Waals surface area contributed by atoms with E-state index in [0.717, 1.165) is 5.39 Å². The van der Waals surface area contributed by atoms with E-state index in [2.05, 4.69) is 5.32 Å². The van der Waals surface area contributed by atoms with Crippen molar-refractivity contribution in [3.63, 3.8) is 0 Å². The fourth-order valence-corrected chi connectivity index (χ4v) is 2.77. The highest BCUT2D eigenvalue weighted by molar-refractivity contribution is 6.10. The van der Waals surface area contributed by atoms with Gasteiger partial charge in [-0.05, 0) is 18.2 Å². The lowest BCUT2D eigenvalue weighted by Gasteiger charge is -2.14.